The maximum atomic E-state index is 11.0. The molecular weight excluding hydrogens is 163 g/mol. The summed E-state index contributed by atoms with van der Waals surface area (Å²) in [6, 6.07) is 0. The number of hydrogen-bond donors (Lipinski definition) is 0. The number of ether oxygens (including phenoxy) is 1. The zero-order chi connectivity index (χ0) is 8.91. The summed E-state index contributed by atoms with van der Waals surface area (Å²) in [6.07, 6.45) is -0.0355. The van der Waals surface area contributed by atoms with Crippen LogP contribution >= 0.6 is 7.37 Å². The van der Waals surface area contributed by atoms with Crippen molar-refractivity contribution in [3.05, 3.63) is 6.92 Å². The minimum absolute atomic E-state index is 0.0355. The monoisotopic (exact) mass is 179 g/mol. The molecule has 0 rings (SSSR count). The minimum atomic E-state index is -2.33. The van der Waals surface area contributed by atoms with E-state index in [0.29, 0.717) is 13.2 Å². The van der Waals surface area contributed by atoms with Gasteiger partial charge in [-0.3, -0.25) is 4.57 Å². The molecule has 11 heavy (non-hydrogen) atoms. The van der Waals surface area contributed by atoms with E-state index in [1.54, 1.807) is 13.3 Å². The van der Waals surface area contributed by atoms with Gasteiger partial charge in [-0.1, -0.05) is 0 Å². The van der Waals surface area contributed by atoms with Gasteiger partial charge in [0, 0.05) is 20.3 Å². The highest BCUT2D eigenvalue weighted by Gasteiger charge is 2.06. The molecule has 0 aliphatic carbocycles. The Bertz CT molecular complexity index is 139. The van der Waals surface area contributed by atoms with Crippen LogP contribution in [-0.4, -0.2) is 32.6 Å². The van der Waals surface area contributed by atoms with Crippen LogP contribution in [0.3, 0.4) is 0 Å². The first-order valence-electron chi connectivity index (χ1n) is 3.56. The lowest BCUT2D eigenvalue weighted by molar-refractivity contribution is 0.0702. The Morgan fingerprint density at radius 2 is 2.00 bits per heavy atom. The molecule has 0 saturated carbocycles. The smallest absolute Gasteiger partial charge is 0.197 e. The predicted molar refractivity (Wildman–Crippen MR) is 46.2 cm³/mol. The highest BCUT2D eigenvalue weighted by Crippen LogP contribution is 2.36. The van der Waals surface area contributed by atoms with Gasteiger partial charge in [-0.2, -0.15) is 0 Å². The first-order chi connectivity index (χ1) is 4.92. The quantitative estimate of drug-likeness (QED) is 0.366. The highest BCUT2D eigenvalue weighted by molar-refractivity contribution is 7.57. The van der Waals surface area contributed by atoms with Crippen molar-refractivity contribution in [3.63, 3.8) is 0 Å². The summed E-state index contributed by atoms with van der Waals surface area (Å²) < 4.78 is 21.0. The van der Waals surface area contributed by atoms with Crippen LogP contribution in [-0.2, 0) is 13.8 Å². The van der Waals surface area contributed by atoms with Gasteiger partial charge in [0.1, 0.15) is 0 Å². The average molecular weight is 179 g/mol. The predicted octanol–water partition coefficient (Wildman–Crippen LogP) is 1.78. The Morgan fingerprint density at radius 3 is 2.36 bits per heavy atom. The second-order valence-electron chi connectivity index (χ2n) is 2.77. The van der Waals surface area contributed by atoms with Gasteiger partial charge in [0.15, 0.2) is 13.5 Å². The van der Waals surface area contributed by atoms with E-state index in [9.17, 15) is 4.57 Å². The molecule has 0 saturated heterocycles. The highest BCUT2D eigenvalue weighted by atomic mass is 31.2. The molecular formula is C7H16O3P+. The van der Waals surface area contributed by atoms with Crippen LogP contribution in [0.2, 0.25) is 0 Å². The van der Waals surface area contributed by atoms with Crippen molar-refractivity contribution in [1.29, 1.82) is 0 Å². The molecule has 0 bridgehead atoms. The molecule has 0 fully saturated rings. The van der Waals surface area contributed by atoms with Gasteiger partial charge < -0.3 is 9.26 Å². The molecule has 4 heteroatoms. The van der Waals surface area contributed by atoms with Crippen LogP contribution in [0.1, 0.15) is 6.92 Å². The standard InChI is InChI=1S/C7H16O3P/c1-7(2)9-5-6-10-11(3,4)8/h7H,1,5-6H2,2-4H3/q+1. The van der Waals surface area contributed by atoms with E-state index in [1.165, 1.54) is 0 Å². The van der Waals surface area contributed by atoms with E-state index in [4.69, 9.17) is 9.26 Å². The lowest BCUT2D eigenvalue weighted by Crippen LogP contribution is -2.08. The summed E-state index contributed by atoms with van der Waals surface area (Å²) in [6.45, 7) is 9.47. The Hall–Kier alpha value is 0.0200. The van der Waals surface area contributed by atoms with Gasteiger partial charge in [-0.25, -0.2) is 0 Å². The summed E-state index contributed by atoms with van der Waals surface area (Å²) in [4.78, 5) is 0. The Morgan fingerprint density at radius 1 is 1.45 bits per heavy atom. The largest absolute Gasteiger partial charge is 0.335 e. The van der Waals surface area contributed by atoms with Crippen molar-refractivity contribution in [2.24, 2.45) is 0 Å². The van der Waals surface area contributed by atoms with E-state index in [0.717, 1.165) is 0 Å². The average Bonchev–Trinajstić information content (AvgIpc) is 1.78. The Kier molecular flexibility index (Phi) is 4.82. The summed E-state index contributed by atoms with van der Waals surface area (Å²) in [5.41, 5.74) is 0. The molecule has 0 spiro atoms. The van der Waals surface area contributed by atoms with Crippen LogP contribution in [0.25, 0.3) is 0 Å². The lowest BCUT2D eigenvalue weighted by atomic mass is 10.5. The Balaban J connectivity index is 3.22. The van der Waals surface area contributed by atoms with Crippen LogP contribution in [0, 0.1) is 6.92 Å². The van der Waals surface area contributed by atoms with Crippen LogP contribution in [0.5, 0.6) is 0 Å². The van der Waals surface area contributed by atoms with Crippen molar-refractivity contribution in [1.82, 2.24) is 0 Å². The van der Waals surface area contributed by atoms with Crippen molar-refractivity contribution in [2.75, 3.05) is 26.5 Å². The van der Waals surface area contributed by atoms with E-state index < -0.39 is 7.37 Å². The topological polar surface area (TPSA) is 35.5 Å². The molecule has 0 N–H and O–H groups in total. The molecule has 0 radical (unpaired) electrons. The summed E-state index contributed by atoms with van der Waals surface area (Å²) >= 11 is 0. The molecule has 3 nitrogen and oxygen atoms in total. The van der Waals surface area contributed by atoms with E-state index >= 15 is 0 Å². The maximum absolute atomic E-state index is 11.0. The maximum Gasteiger partial charge on any atom is 0.197 e. The fourth-order valence-corrected chi connectivity index (χ4v) is 1.02. The van der Waals surface area contributed by atoms with E-state index in [2.05, 4.69) is 6.92 Å². The molecule has 1 unspecified atom stereocenters. The van der Waals surface area contributed by atoms with Gasteiger partial charge in [-0.05, 0) is 0 Å². The minimum Gasteiger partial charge on any atom is -0.335 e. The van der Waals surface area contributed by atoms with E-state index in [-0.39, 0.29) is 6.10 Å². The third-order valence-electron chi connectivity index (χ3n) is 0.888. The molecule has 0 aliphatic rings. The van der Waals surface area contributed by atoms with Gasteiger partial charge in [0.25, 0.3) is 0 Å². The molecule has 0 aromatic heterocycles. The molecule has 0 aromatic carbocycles. The fraction of sp³-hybridized carbons (Fsp3) is 0.857. The lowest BCUT2D eigenvalue weighted by Gasteiger charge is -2.08. The fourth-order valence-electron chi connectivity index (χ4n) is 0.506. The van der Waals surface area contributed by atoms with Crippen LogP contribution < -0.4 is 0 Å². The third-order valence-corrected chi connectivity index (χ3v) is 1.69. The van der Waals surface area contributed by atoms with Crippen molar-refractivity contribution in [3.8, 4) is 0 Å². The molecule has 0 heterocycles. The van der Waals surface area contributed by atoms with Crippen LogP contribution in [0.4, 0.5) is 0 Å². The van der Waals surface area contributed by atoms with Gasteiger partial charge in [0.05, 0.1) is 20.1 Å². The van der Waals surface area contributed by atoms with Gasteiger partial charge in [-0.15, -0.1) is 0 Å². The normalized spacial score (nSPS) is 14.8. The molecule has 0 amide bonds. The van der Waals surface area contributed by atoms with Crippen molar-refractivity contribution >= 4 is 7.37 Å². The first kappa shape index (κ1) is 11.0. The zero-order valence-electron chi connectivity index (χ0n) is 7.37. The molecule has 1 atom stereocenters. The summed E-state index contributed by atoms with van der Waals surface area (Å²) in [5, 5.41) is 0. The van der Waals surface area contributed by atoms with Crippen molar-refractivity contribution in [2.45, 2.75) is 13.0 Å². The second kappa shape index (κ2) is 4.81. The number of rotatable bonds is 5. The van der Waals surface area contributed by atoms with Crippen LogP contribution in [0.15, 0.2) is 0 Å². The van der Waals surface area contributed by atoms with Gasteiger partial charge >= 0.3 is 0 Å². The molecule has 66 valence electrons. The third kappa shape index (κ3) is 10.0. The summed E-state index contributed by atoms with van der Waals surface area (Å²) in [5.74, 6) is 0. The van der Waals surface area contributed by atoms with Gasteiger partial charge in [0.2, 0.25) is 0 Å². The molecule has 0 aromatic rings. The SMILES string of the molecule is [CH2+]C(C)OCCOP(C)(C)=O. The first-order valence-corrected chi connectivity index (χ1v) is 6.08. The second-order valence-corrected chi connectivity index (χ2v) is 5.53. The molecule has 0 aliphatic heterocycles. The Labute approximate surface area is 68.5 Å². The zero-order valence-corrected chi connectivity index (χ0v) is 8.27. The van der Waals surface area contributed by atoms with Crippen molar-refractivity contribution < 1.29 is 13.8 Å². The summed E-state index contributed by atoms with van der Waals surface area (Å²) in [7, 11) is -2.33. The number of hydrogen-bond acceptors (Lipinski definition) is 3. The van der Waals surface area contributed by atoms with E-state index in [1.807, 2.05) is 6.92 Å².